The molecular weight excluding hydrogens is 394 g/mol. The van der Waals surface area contributed by atoms with Crippen molar-refractivity contribution in [2.45, 2.75) is 25.7 Å². The Labute approximate surface area is 181 Å². The minimum atomic E-state index is -0.0241. The molecule has 0 aliphatic heterocycles. The number of hydrogen-bond acceptors (Lipinski definition) is 7. The van der Waals surface area contributed by atoms with Crippen LogP contribution in [0, 0.1) is 6.92 Å². The van der Waals surface area contributed by atoms with Crippen molar-refractivity contribution in [1.29, 1.82) is 0 Å². The molecule has 1 heterocycles. The molecule has 160 valence electrons. The summed E-state index contributed by atoms with van der Waals surface area (Å²) in [5.74, 6) is 2.70. The normalized spacial score (nSPS) is 15.2. The molecule has 1 N–H and O–H groups in total. The number of hydrogen-bond donors (Lipinski definition) is 1. The number of fused-ring (bicyclic) bond motifs is 1. The Bertz CT molecular complexity index is 1110. The molecule has 1 atom stereocenters. The fourth-order valence-corrected chi connectivity index (χ4v) is 4.01. The standard InChI is InChI=1S/C24H25N3O4/c1-14-23-20(27-24(25-14)26-16-5-7-17(29-2)8-6-16)11-15(12-21(23)28)19-10-9-18(30-3)13-22(19)31-4/h5-10,13,15H,11-12H2,1-4H3,(H,25,26,27). The first-order valence-corrected chi connectivity index (χ1v) is 10.1. The van der Waals surface area contributed by atoms with Crippen molar-refractivity contribution < 1.29 is 19.0 Å². The molecular formula is C24H25N3O4. The number of ether oxygens (including phenoxy) is 3. The smallest absolute Gasteiger partial charge is 0.227 e. The summed E-state index contributed by atoms with van der Waals surface area (Å²) in [5.41, 5.74) is 3.89. The Hall–Kier alpha value is -3.61. The second-order valence-corrected chi connectivity index (χ2v) is 7.44. The lowest BCUT2D eigenvalue weighted by molar-refractivity contribution is 0.0961. The van der Waals surface area contributed by atoms with Crippen molar-refractivity contribution in [2.75, 3.05) is 26.6 Å². The van der Waals surface area contributed by atoms with Crippen LogP contribution in [0.25, 0.3) is 0 Å². The fraction of sp³-hybridized carbons (Fsp3) is 0.292. The van der Waals surface area contributed by atoms with Gasteiger partial charge in [0.05, 0.1) is 38.3 Å². The van der Waals surface area contributed by atoms with Crippen LogP contribution in [0.1, 0.15) is 39.6 Å². The maximum absolute atomic E-state index is 13.0. The summed E-state index contributed by atoms with van der Waals surface area (Å²) in [7, 11) is 4.87. The molecule has 0 radical (unpaired) electrons. The molecule has 0 fully saturated rings. The van der Waals surface area contributed by atoms with E-state index >= 15 is 0 Å². The topological polar surface area (TPSA) is 82.6 Å². The van der Waals surface area contributed by atoms with Crippen molar-refractivity contribution in [3.05, 3.63) is 65.0 Å². The van der Waals surface area contributed by atoms with Gasteiger partial charge in [-0.3, -0.25) is 4.79 Å². The number of Topliss-reactive ketones (excluding diaryl/α,β-unsaturated/α-hetero) is 1. The van der Waals surface area contributed by atoms with Crippen molar-refractivity contribution in [3.63, 3.8) is 0 Å². The lowest BCUT2D eigenvalue weighted by Gasteiger charge is -2.26. The lowest BCUT2D eigenvalue weighted by Crippen LogP contribution is -2.23. The molecule has 2 aromatic carbocycles. The number of nitrogens with one attached hydrogen (secondary N) is 1. The summed E-state index contributed by atoms with van der Waals surface area (Å²) in [5, 5.41) is 3.22. The minimum absolute atomic E-state index is 0.0241. The van der Waals surface area contributed by atoms with Gasteiger partial charge in [0.2, 0.25) is 5.95 Å². The van der Waals surface area contributed by atoms with Crippen LogP contribution in [-0.4, -0.2) is 37.1 Å². The van der Waals surface area contributed by atoms with Gasteiger partial charge in [-0.2, -0.15) is 0 Å². The number of rotatable bonds is 6. The predicted octanol–water partition coefficient (Wildman–Crippen LogP) is 4.47. The molecule has 3 aromatic rings. The van der Waals surface area contributed by atoms with Crippen LogP contribution < -0.4 is 19.5 Å². The highest BCUT2D eigenvalue weighted by molar-refractivity contribution is 6.00. The molecule has 0 amide bonds. The molecule has 0 spiro atoms. The SMILES string of the molecule is COc1ccc(Nc2nc(C)c3c(n2)CC(c2ccc(OC)cc2OC)CC3=O)cc1. The van der Waals surface area contributed by atoms with E-state index in [1.165, 1.54) is 0 Å². The van der Waals surface area contributed by atoms with E-state index in [2.05, 4.69) is 15.3 Å². The van der Waals surface area contributed by atoms with E-state index in [4.69, 9.17) is 14.2 Å². The van der Waals surface area contributed by atoms with Gasteiger partial charge in [-0.1, -0.05) is 6.07 Å². The van der Waals surface area contributed by atoms with Gasteiger partial charge in [0, 0.05) is 24.1 Å². The average Bonchev–Trinajstić information content (AvgIpc) is 2.78. The number of carbonyl (C=O) groups is 1. The van der Waals surface area contributed by atoms with Crippen LogP contribution in [0.2, 0.25) is 0 Å². The van der Waals surface area contributed by atoms with E-state index in [-0.39, 0.29) is 11.7 Å². The summed E-state index contributed by atoms with van der Waals surface area (Å²) in [6.07, 6.45) is 1.02. The third kappa shape index (κ3) is 4.17. The predicted molar refractivity (Wildman–Crippen MR) is 118 cm³/mol. The minimum Gasteiger partial charge on any atom is -0.497 e. The molecule has 1 aliphatic carbocycles. The number of benzene rings is 2. The van der Waals surface area contributed by atoms with E-state index in [9.17, 15) is 4.79 Å². The summed E-state index contributed by atoms with van der Waals surface area (Å²) in [6, 6.07) is 13.2. The van der Waals surface area contributed by atoms with Crippen LogP contribution in [0.5, 0.6) is 17.2 Å². The van der Waals surface area contributed by atoms with Gasteiger partial charge in [-0.25, -0.2) is 9.97 Å². The molecule has 0 bridgehead atoms. The second kappa shape index (κ2) is 8.63. The first kappa shape index (κ1) is 20.7. The summed E-state index contributed by atoms with van der Waals surface area (Å²) in [6.45, 7) is 1.85. The van der Waals surface area contributed by atoms with Gasteiger partial charge in [0.25, 0.3) is 0 Å². The highest BCUT2D eigenvalue weighted by Crippen LogP contribution is 2.39. The van der Waals surface area contributed by atoms with Crippen LogP contribution in [0.15, 0.2) is 42.5 Å². The number of methoxy groups -OCH3 is 3. The van der Waals surface area contributed by atoms with Crippen LogP contribution in [-0.2, 0) is 6.42 Å². The van der Waals surface area contributed by atoms with Gasteiger partial charge in [-0.15, -0.1) is 0 Å². The zero-order valence-electron chi connectivity index (χ0n) is 18.1. The molecule has 7 nitrogen and oxygen atoms in total. The van der Waals surface area contributed by atoms with E-state index < -0.39 is 0 Å². The molecule has 7 heteroatoms. The lowest BCUT2D eigenvalue weighted by atomic mass is 9.81. The van der Waals surface area contributed by atoms with Gasteiger partial charge >= 0.3 is 0 Å². The number of carbonyl (C=O) groups excluding carboxylic acids is 1. The van der Waals surface area contributed by atoms with E-state index in [0.29, 0.717) is 41.5 Å². The highest BCUT2D eigenvalue weighted by atomic mass is 16.5. The van der Waals surface area contributed by atoms with E-state index in [1.54, 1.807) is 21.3 Å². The molecule has 31 heavy (non-hydrogen) atoms. The molecule has 1 aliphatic rings. The maximum Gasteiger partial charge on any atom is 0.227 e. The Morgan fingerprint density at radius 2 is 1.61 bits per heavy atom. The van der Waals surface area contributed by atoms with Crippen LogP contribution in [0.3, 0.4) is 0 Å². The zero-order valence-corrected chi connectivity index (χ0v) is 18.1. The Balaban J connectivity index is 1.65. The van der Waals surface area contributed by atoms with E-state index in [0.717, 1.165) is 22.7 Å². The zero-order chi connectivity index (χ0) is 22.0. The number of aromatic nitrogens is 2. The molecule has 1 aromatic heterocycles. The summed E-state index contributed by atoms with van der Waals surface area (Å²) < 4.78 is 16.1. The molecule has 1 unspecified atom stereocenters. The van der Waals surface area contributed by atoms with Gasteiger partial charge in [0.1, 0.15) is 17.2 Å². The summed E-state index contributed by atoms with van der Waals surface area (Å²) in [4.78, 5) is 22.2. The van der Waals surface area contributed by atoms with Gasteiger partial charge in [0.15, 0.2) is 5.78 Å². The first-order chi connectivity index (χ1) is 15.0. The first-order valence-electron chi connectivity index (χ1n) is 10.1. The third-order valence-electron chi connectivity index (χ3n) is 5.54. The molecule has 0 saturated carbocycles. The summed E-state index contributed by atoms with van der Waals surface area (Å²) >= 11 is 0. The number of ketones is 1. The highest BCUT2D eigenvalue weighted by Gasteiger charge is 2.31. The van der Waals surface area contributed by atoms with Crippen molar-refractivity contribution in [2.24, 2.45) is 0 Å². The monoisotopic (exact) mass is 419 g/mol. The Morgan fingerprint density at radius 1 is 0.903 bits per heavy atom. The maximum atomic E-state index is 13.0. The number of nitrogens with zero attached hydrogens (tertiary/aromatic N) is 2. The average molecular weight is 419 g/mol. The largest absolute Gasteiger partial charge is 0.497 e. The second-order valence-electron chi connectivity index (χ2n) is 7.44. The van der Waals surface area contributed by atoms with Crippen molar-refractivity contribution in [3.8, 4) is 17.2 Å². The van der Waals surface area contributed by atoms with Crippen molar-refractivity contribution in [1.82, 2.24) is 9.97 Å². The quantitative estimate of drug-likeness (QED) is 0.631. The number of aryl methyl sites for hydroxylation is 1. The third-order valence-corrected chi connectivity index (χ3v) is 5.54. The molecule has 0 saturated heterocycles. The van der Waals surface area contributed by atoms with Crippen LogP contribution in [0.4, 0.5) is 11.6 Å². The Morgan fingerprint density at radius 3 is 2.29 bits per heavy atom. The molecule has 4 rings (SSSR count). The number of anilines is 2. The van der Waals surface area contributed by atoms with Gasteiger partial charge < -0.3 is 19.5 Å². The van der Waals surface area contributed by atoms with Crippen molar-refractivity contribution >= 4 is 17.4 Å². The Kier molecular flexibility index (Phi) is 5.75. The van der Waals surface area contributed by atoms with E-state index in [1.807, 2.05) is 49.4 Å². The van der Waals surface area contributed by atoms with Gasteiger partial charge in [-0.05, 0) is 49.2 Å². The van der Waals surface area contributed by atoms with Crippen LogP contribution >= 0.6 is 0 Å². The fourth-order valence-electron chi connectivity index (χ4n) is 4.01.